The number of hydrogen-bond acceptors (Lipinski definition) is 4. The van der Waals surface area contributed by atoms with Crippen LogP contribution in [0.15, 0.2) is 30.9 Å². The predicted molar refractivity (Wildman–Crippen MR) is 66.1 cm³/mol. The second-order valence-corrected chi connectivity index (χ2v) is 3.51. The minimum absolute atomic E-state index is 0.0393. The molecule has 0 aliphatic rings. The summed E-state index contributed by atoms with van der Waals surface area (Å²) in [6, 6.07) is 3.94. The van der Waals surface area contributed by atoms with Crippen LogP contribution in [0.5, 0.6) is 11.5 Å². The zero-order valence-corrected chi connectivity index (χ0v) is 9.64. The first-order valence-electron chi connectivity index (χ1n) is 5.12. The molecule has 5 nitrogen and oxygen atoms in total. The maximum absolute atomic E-state index is 11.6. The molecule has 0 fully saturated rings. The van der Waals surface area contributed by atoms with Gasteiger partial charge in [0.05, 0.1) is 13.2 Å². The Balaban J connectivity index is 2.72. The van der Waals surface area contributed by atoms with E-state index in [4.69, 9.17) is 10.5 Å². The topological polar surface area (TPSA) is 84.6 Å². The monoisotopic (exact) mass is 236 g/mol. The first-order valence-corrected chi connectivity index (χ1v) is 5.12. The van der Waals surface area contributed by atoms with E-state index in [2.05, 4.69) is 11.9 Å². The summed E-state index contributed by atoms with van der Waals surface area (Å²) < 4.78 is 4.89. The van der Waals surface area contributed by atoms with Crippen molar-refractivity contribution in [1.82, 2.24) is 0 Å². The number of methoxy groups -OCH3 is 1. The van der Waals surface area contributed by atoms with Gasteiger partial charge in [-0.1, -0.05) is 6.08 Å². The van der Waals surface area contributed by atoms with Gasteiger partial charge in [-0.15, -0.1) is 6.58 Å². The maximum atomic E-state index is 11.6. The lowest BCUT2D eigenvalue weighted by molar-refractivity contribution is -0.117. The normalized spacial score (nSPS) is 11.6. The van der Waals surface area contributed by atoms with Gasteiger partial charge in [0.1, 0.15) is 0 Å². The molecule has 0 heterocycles. The van der Waals surface area contributed by atoms with Crippen molar-refractivity contribution < 1.29 is 14.6 Å². The molecule has 0 radical (unpaired) electrons. The number of ether oxygens (including phenoxy) is 1. The molecule has 4 N–H and O–H groups in total. The SMILES string of the molecule is C=CCC(N)C(=O)Nc1ccc(OC)c(O)c1. The van der Waals surface area contributed by atoms with E-state index < -0.39 is 6.04 Å². The van der Waals surface area contributed by atoms with Crippen LogP contribution in [-0.2, 0) is 4.79 Å². The molecule has 17 heavy (non-hydrogen) atoms. The summed E-state index contributed by atoms with van der Waals surface area (Å²) >= 11 is 0. The van der Waals surface area contributed by atoms with Crippen LogP contribution in [0.4, 0.5) is 5.69 Å². The Kier molecular flexibility index (Phi) is 4.54. The van der Waals surface area contributed by atoms with E-state index in [9.17, 15) is 9.90 Å². The number of phenolic OH excluding ortho intramolecular Hbond substituents is 1. The van der Waals surface area contributed by atoms with Crippen LogP contribution in [0, 0.1) is 0 Å². The highest BCUT2D eigenvalue weighted by molar-refractivity contribution is 5.95. The summed E-state index contributed by atoms with van der Waals surface area (Å²) in [5.41, 5.74) is 6.06. The summed E-state index contributed by atoms with van der Waals surface area (Å²) in [5, 5.41) is 12.1. The first kappa shape index (κ1) is 13.1. The summed E-state index contributed by atoms with van der Waals surface area (Å²) in [6.07, 6.45) is 1.98. The summed E-state index contributed by atoms with van der Waals surface area (Å²) in [5.74, 6) is -0.0181. The zero-order chi connectivity index (χ0) is 12.8. The number of aromatic hydroxyl groups is 1. The third-order valence-electron chi connectivity index (χ3n) is 2.20. The van der Waals surface area contributed by atoms with E-state index in [1.165, 1.54) is 13.2 Å². The van der Waals surface area contributed by atoms with Crippen LogP contribution in [0.1, 0.15) is 6.42 Å². The Labute approximate surface area is 99.9 Å². The van der Waals surface area contributed by atoms with Crippen molar-refractivity contribution in [2.75, 3.05) is 12.4 Å². The molecule has 0 aliphatic carbocycles. The Morgan fingerprint density at radius 2 is 2.41 bits per heavy atom. The lowest BCUT2D eigenvalue weighted by Crippen LogP contribution is -2.35. The van der Waals surface area contributed by atoms with Crippen LogP contribution >= 0.6 is 0 Å². The van der Waals surface area contributed by atoms with E-state index >= 15 is 0 Å². The second-order valence-electron chi connectivity index (χ2n) is 3.51. The predicted octanol–water partition coefficient (Wildman–Crippen LogP) is 1.24. The third-order valence-corrected chi connectivity index (χ3v) is 2.20. The number of benzene rings is 1. The lowest BCUT2D eigenvalue weighted by Gasteiger charge is -2.11. The van der Waals surface area contributed by atoms with Crippen molar-refractivity contribution in [2.45, 2.75) is 12.5 Å². The van der Waals surface area contributed by atoms with Gasteiger partial charge in [-0.05, 0) is 18.6 Å². The number of anilines is 1. The lowest BCUT2D eigenvalue weighted by atomic mass is 10.2. The smallest absolute Gasteiger partial charge is 0.241 e. The van der Waals surface area contributed by atoms with E-state index in [0.29, 0.717) is 17.9 Å². The molecule has 0 bridgehead atoms. The van der Waals surface area contributed by atoms with Crippen LogP contribution in [0.3, 0.4) is 0 Å². The minimum atomic E-state index is -0.642. The maximum Gasteiger partial charge on any atom is 0.241 e. The highest BCUT2D eigenvalue weighted by Gasteiger charge is 2.12. The van der Waals surface area contributed by atoms with Crippen molar-refractivity contribution in [3.05, 3.63) is 30.9 Å². The van der Waals surface area contributed by atoms with Gasteiger partial charge in [0.25, 0.3) is 0 Å². The number of phenols is 1. The number of amides is 1. The molecule has 1 rings (SSSR count). The minimum Gasteiger partial charge on any atom is -0.504 e. The van der Waals surface area contributed by atoms with Gasteiger partial charge in [-0.2, -0.15) is 0 Å². The summed E-state index contributed by atoms with van der Waals surface area (Å²) in [6.45, 7) is 3.51. The van der Waals surface area contributed by atoms with Gasteiger partial charge in [-0.25, -0.2) is 0 Å². The highest BCUT2D eigenvalue weighted by atomic mass is 16.5. The molecule has 0 spiro atoms. The highest BCUT2D eigenvalue weighted by Crippen LogP contribution is 2.28. The van der Waals surface area contributed by atoms with Crippen LogP contribution < -0.4 is 15.8 Å². The van der Waals surface area contributed by atoms with E-state index in [0.717, 1.165) is 0 Å². The van der Waals surface area contributed by atoms with Crippen LogP contribution in [0.25, 0.3) is 0 Å². The standard InChI is InChI=1S/C12H16N2O3/c1-3-4-9(13)12(16)14-8-5-6-11(17-2)10(15)7-8/h3,5-7,9,15H,1,4,13H2,2H3,(H,14,16). The zero-order valence-electron chi connectivity index (χ0n) is 9.64. The fraction of sp³-hybridized carbons (Fsp3) is 0.250. The average molecular weight is 236 g/mol. The number of carbonyl (C=O) groups is 1. The molecule has 0 saturated carbocycles. The van der Waals surface area contributed by atoms with Crippen molar-refractivity contribution in [2.24, 2.45) is 5.73 Å². The Morgan fingerprint density at radius 1 is 1.71 bits per heavy atom. The van der Waals surface area contributed by atoms with E-state index in [-0.39, 0.29) is 11.7 Å². The number of nitrogens with two attached hydrogens (primary N) is 1. The second kappa shape index (κ2) is 5.91. The van der Waals surface area contributed by atoms with E-state index in [1.807, 2.05) is 0 Å². The fourth-order valence-corrected chi connectivity index (χ4v) is 1.29. The number of carbonyl (C=O) groups excluding carboxylic acids is 1. The molecule has 1 amide bonds. The summed E-state index contributed by atoms with van der Waals surface area (Å²) in [4.78, 5) is 11.6. The average Bonchev–Trinajstić information content (AvgIpc) is 2.29. The molecule has 1 unspecified atom stereocenters. The molecule has 1 aromatic rings. The van der Waals surface area contributed by atoms with Gasteiger partial charge in [-0.3, -0.25) is 4.79 Å². The molecule has 0 aliphatic heterocycles. The van der Waals surface area contributed by atoms with Crippen molar-refractivity contribution in [3.63, 3.8) is 0 Å². The molecule has 1 atom stereocenters. The molecule has 92 valence electrons. The fourth-order valence-electron chi connectivity index (χ4n) is 1.29. The van der Waals surface area contributed by atoms with Crippen LogP contribution in [-0.4, -0.2) is 24.2 Å². The largest absolute Gasteiger partial charge is 0.504 e. The van der Waals surface area contributed by atoms with Gasteiger partial charge in [0.15, 0.2) is 11.5 Å². The molecule has 0 aromatic heterocycles. The Hall–Kier alpha value is -2.01. The molecule has 1 aromatic carbocycles. The molecular formula is C12H16N2O3. The number of hydrogen-bond donors (Lipinski definition) is 3. The van der Waals surface area contributed by atoms with Crippen molar-refractivity contribution in [3.8, 4) is 11.5 Å². The summed E-state index contributed by atoms with van der Waals surface area (Å²) in [7, 11) is 1.45. The first-order chi connectivity index (χ1) is 8.08. The number of nitrogens with one attached hydrogen (secondary N) is 1. The van der Waals surface area contributed by atoms with Gasteiger partial charge >= 0.3 is 0 Å². The van der Waals surface area contributed by atoms with Gasteiger partial charge < -0.3 is 20.9 Å². The molecule has 0 saturated heterocycles. The van der Waals surface area contributed by atoms with Crippen LogP contribution in [0.2, 0.25) is 0 Å². The van der Waals surface area contributed by atoms with Gasteiger partial charge in [0, 0.05) is 11.8 Å². The number of rotatable bonds is 5. The Bertz CT molecular complexity index is 418. The quantitative estimate of drug-likeness (QED) is 0.671. The molecular weight excluding hydrogens is 220 g/mol. The molecule has 5 heteroatoms. The Morgan fingerprint density at radius 3 is 2.94 bits per heavy atom. The van der Waals surface area contributed by atoms with E-state index in [1.54, 1.807) is 18.2 Å². The van der Waals surface area contributed by atoms with Crippen molar-refractivity contribution >= 4 is 11.6 Å². The van der Waals surface area contributed by atoms with Crippen molar-refractivity contribution in [1.29, 1.82) is 0 Å². The van der Waals surface area contributed by atoms with Gasteiger partial charge in [0.2, 0.25) is 5.91 Å². The third kappa shape index (κ3) is 3.49.